The number of nitrogens with one attached hydrogen (secondary N) is 1. The van der Waals surface area contributed by atoms with Crippen LogP contribution in [0.4, 0.5) is 15.8 Å². The molecule has 0 aliphatic heterocycles. The van der Waals surface area contributed by atoms with Crippen molar-refractivity contribution in [3.05, 3.63) is 58.9 Å². The molecule has 0 bridgehead atoms. The first kappa shape index (κ1) is 21.6. The number of sulfonamides is 1. The van der Waals surface area contributed by atoms with E-state index in [9.17, 15) is 22.4 Å². The number of hydrogen-bond donors (Lipinski definition) is 2. The average molecular weight is 428 g/mol. The molecule has 150 valence electrons. The Labute approximate surface area is 167 Å². The van der Waals surface area contributed by atoms with E-state index in [0.29, 0.717) is 0 Å². The second-order valence-electron chi connectivity index (χ2n) is 5.98. The summed E-state index contributed by atoms with van der Waals surface area (Å²) in [4.78, 5) is 24.4. The topological polar surface area (TPSA) is 110 Å². The molecule has 0 aliphatic rings. The third-order valence-corrected chi connectivity index (χ3v) is 5.41. The number of halogens is 2. The first-order chi connectivity index (χ1) is 13.1. The zero-order valence-electron chi connectivity index (χ0n) is 15.1. The molecule has 28 heavy (non-hydrogen) atoms. The molecule has 0 saturated heterocycles. The van der Waals surface area contributed by atoms with Gasteiger partial charge in [0.15, 0.2) is 0 Å². The van der Waals surface area contributed by atoms with Crippen molar-refractivity contribution < 1.29 is 22.4 Å². The molecule has 10 heteroatoms. The number of para-hydroxylation sites is 1. The molecule has 0 aliphatic carbocycles. The Balaban J connectivity index is 2.45. The minimum atomic E-state index is -3.92. The number of amides is 2. The molecule has 2 amide bonds. The largest absolute Gasteiger partial charge is 0.366 e. The summed E-state index contributed by atoms with van der Waals surface area (Å²) in [6, 6.07) is 8.28. The Hall–Kier alpha value is -2.65. The fourth-order valence-corrected chi connectivity index (χ4v) is 4.08. The molecule has 0 fully saturated rings. The quantitative estimate of drug-likeness (QED) is 0.707. The number of carbonyl (C=O) groups is 2. The molecule has 1 atom stereocenters. The van der Waals surface area contributed by atoms with Crippen LogP contribution < -0.4 is 15.4 Å². The highest BCUT2D eigenvalue weighted by atomic mass is 35.5. The van der Waals surface area contributed by atoms with Crippen LogP contribution in [0.1, 0.15) is 23.7 Å². The van der Waals surface area contributed by atoms with Gasteiger partial charge >= 0.3 is 0 Å². The van der Waals surface area contributed by atoms with E-state index in [-0.39, 0.29) is 28.4 Å². The second kappa shape index (κ2) is 8.57. The summed E-state index contributed by atoms with van der Waals surface area (Å²) in [6.45, 7) is 1.62. The van der Waals surface area contributed by atoms with Gasteiger partial charge in [-0.25, -0.2) is 12.8 Å². The van der Waals surface area contributed by atoms with Gasteiger partial charge in [-0.1, -0.05) is 30.7 Å². The third kappa shape index (κ3) is 4.79. The lowest BCUT2D eigenvalue weighted by Gasteiger charge is -2.30. The zero-order valence-corrected chi connectivity index (χ0v) is 16.7. The fraction of sp³-hybridized carbons (Fsp3) is 0.222. The van der Waals surface area contributed by atoms with E-state index in [1.54, 1.807) is 19.1 Å². The highest BCUT2D eigenvalue weighted by Gasteiger charge is 2.32. The zero-order chi connectivity index (χ0) is 21.1. The molecule has 2 aromatic carbocycles. The highest BCUT2D eigenvalue weighted by Crippen LogP contribution is 2.28. The van der Waals surface area contributed by atoms with Gasteiger partial charge in [0.05, 0.1) is 28.2 Å². The average Bonchev–Trinajstić information content (AvgIpc) is 2.61. The monoisotopic (exact) mass is 427 g/mol. The van der Waals surface area contributed by atoms with Crippen LogP contribution in [0, 0.1) is 5.82 Å². The van der Waals surface area contributed by atoms with Gasteiger partial charge in [-0.3, -0.25) is 13.9 Å². The molecular formula is C18H19ClFN3O4S. The Kier molecular flexibility index (Phi) is 6.63. The molecule has 0 saturated carbocycles. The first-order valence-corrected chi connectivity index (χ1v) is 10.4. The molecule has 3 N–H and O–H groups in total. The lowest BCUT2D eigenvalue weighted by Crippen LogP contribution is -2.47. The molecule has 7 nitrogen and oxygen atoms in total. The maximum absolute atomic E-state index is 13.5. The van der Waals surface area contributed by atoms with Crippen LogP contribution in [0.3, 0.4) is 0 Å². The van der Waals surface area contributed by atoms with Gasteiger partial charge in [-0.15, -0.1) is 0 Å². The third-order valence-electron chi connectivity index (χ3n) is 3.94. The Morgan fingerprint density at radius 1 is 1.25 bits per heavy atom. The smallest absolute Gasteiger partial charge is 0.250 e. The molecule has 2 aromatic rings. The van der Waals surface area contributed by atoms with Crippen molar-refractivity contribution in [2.45, 2.75) is 19.4 Å². The SMILES string of the molecule is CC[C@@H](C(=O)Nc1ccccc1C(N)=O)N(c1ccc(F)c(Cl)c1)S(C)(=O)=O. The molecule has 0 spiro atoms. The minimum absolute atomic E-state index is 0.0408. The number of anilines is 2. The van der Waals surface area contributed by atoms with E-state index in [1.807, 2.05) is 0 Å². The second-order valence-corrected chi connectivity index (χ2v) is 8.25. The number of nitrogens with zero attached hydrogens (tertiary/aromatic N) is 1. The molecule has 0 radical (unpaired) electrons. The number of carbonyl (C=O) groups excluding carboxylic acids is 2. The van der Waals surface area contributed by atoms with Crippen molar-refractivity contribution in [3.63, 3.8) is 0 Å². The van der Waals surface area contributed by atoms with E-state index in [1.165, 1.54) is 18.2 Å². The van der Waals surface area contributed by atoms with Crippen molar-refractivity contribution >= 4 is 44.8 Å². The van der Waals surface area contributed by atoms with E-state index in [4.69, 9.17) is 17.3 Å². The van der Waals surface area contributed by atoms with Crippen molar-refractivity contribution in [3.8, 4) is 0 Å². The van der Waals surface area contributed by atoms with Gasteiger partial charge in [0.25, 0.3) is 5.91 Å². The van der Waals surface area contributed by atoms with E-state index >= 15 is 0 Å². The van der Waals surface area contributed by atoms with E-state index in [0.717, 1.165) is 22.7 Å². The Bertz CT molecular complexity index is 1010. The molecule has 0 unspecified atom stereocenters. The van der Waals surface area contributed by atoms with Crippen molar-refractivity contribution in [1.29, 1.82) is 0 Å². The molecule has 0 aromatic heterocycles. The molecule has 0 heterocycles. The summed E-state index contributed by atoms with van der Waals surface area (Å²) >= 11 is 5.77. The van der Waals surface area contributed by atoms with E-state index in [2.05, 4.69) is 5.32 Å². The van der Waals surface area contributed by atoms with Crippen LogP contribution in [0.2, 0.25) is 5.02 Å². The summed E-state index contributed by atoms with van der Waals surface area (Å²) in [6.07, 6.45) is 1.03. The predicted octanol–water partition coefficient (Wildman–Crippen LogP) is 2.76. The van der Waals surface area contributed by atoms with Gasteiger partial charge in [0.1, 0.15) is 11.9 Å². The summed E-state index contributed by atoms with van der Waals surface area (Å²) in [5.41, 5.74) is 5.59. The summed E-state index contributed by atoms with van der Waals surface area (Å²) in [7, 11) is -3.92. The van der Waals surface area contributed by atoms with Crippen LogP contribution in [0.25, 0.3) is 0 Å². The van der Waals surface area contributed by atoms with Gasteiger partial charge in [0.2, 0.25) is 15.9 Å². The number of nitrogens with two attached hydrogens (primary N) is 1. The lowest BCUT2D eigenvalue weighted by molar-refractivity contribution is -0.117. The highest BCUT2D eigenvalue weighted by molar-refractivity contribution is 7.92. The Morgan fingerprint density at radius 3 is 2.43 bits per heavy atom. The van der Waals surface area contributed by atoms with Crippen LogP contribution in [-0.2, 0) is 14.8 Å². The summed E-state index contributed by atoms with van der Waals surface area (Å²) in [5, 5.41) is 2.26. The van der Waals surface area contributed by atoms with Crippen LogP contribution in [0.15, 0.2) is 42.5 Å². The van der Waals surface area contributed by atoms with Crippen LogP contribution in [0.5, 0.6) is 0 Å². The van der Waals surface area contributed by atoms with Crippen LogP contribution in [-0.4, -0.2) is 32.5 Å². The predicted molar refractivity (Wildman–Crippen MR) is 106 cm³/mol. The number of primary amides is 1. The van der Waals surface area contributed by atoms with Crippen LogP contribution >= 0.6 is 11.6 Å². The standard InChI is InChI=1S/C18H19ClFN3O4S/c1-3-16(18(25)22-15-7-5-4-6-12(15)17(21)24)23(28(2,26)27)11-8-9-14(20)13(19)10-11/h4-10,16H,3H2,1-2H3,(H2,21,24)(H,22,25)/t16-/m0/s1. The maximum atomic E-state index is 13.5. The van der Waals surface area contributed by atoms with E-state index < -0.39 is 33.7 Å². The van der Waals surface area contributed by atoms with Gasteiger partial charge in [-0.2, -0.15) is 0 Å². The summed E-state index contributed by atoms with van der Waals surface area (Å²) in [5.74, 6) is -2.14. The maximum Gasteiger partial charge on any atom is 0.250 e. The number of benzene rings is 2. The lowest BCUT2D eigenvalue weighted by atomic mass is 10.1. The molecular weight excluding hydrogens is 409 g/mol. The summed E-state index contributed by atoms with van der Waals surface area (Å²) < 4.78 is 39.1. The van der Waals surface area contributed by atoms with Gasteiger partial charge in [-0.05, 0) is 36.8 Å². The van der Waals surface area contributed by atoms with Crippen molar-refractivity contribution in [1.82, 2.24) is 0 Å². The van der Waals surface area contributed by atoms with Gasteiger partial charge in [0, 0.05) is 0 Å². The molecule has 2 rings (SSSR count). The van der Waals surface area contributed by atoms with Crippen molar-refractivity contribution in [2.24, 2.45) is 5.73 Å². The number of hydrogen-bond acceptors (Lipinski definition) is 4. The van der Waals surface area contributed by atoms with Gasteiger partial charge < -0.3 is 11.1 Å². The Morgan fingerprint density at radius 2 is 1.89 bits per heavy atom. The number of rotatable bonds is 7. The fourth-order valence-electron chi connectivity index (χ4n) is 2.71. The first-order valence-electron chi connectivity index (χ1n) is 8.20. The van der Waals surface area contributed by atoms with Crippen molar-refractivity contribution in [2.75, 3.05) is 15.9 Å². The normalized spacial score (nSPS) is 12.3. The minimum Gasteiger partial charge on any atom is -0.366 e.